The number of benzene rings is 4. The first-order valence-corrected chi connectivity index (χ1v) is 12.4. The van der Waals surface area contributed by atoms with Crippen LogP contribution in [0.1, 0.15) is 23.6 Å². The lowest BCUT2D eigenvalue weighted by atomic mass is 10.0. The van der Waals surface area contributed by atoms with Crippen molar-refractivity contribution in [1.82, 2.24) is 5.32 Å². The van der Waals surface area contributed by atoms with Crippen LogP contribution in [0.2, 0.25) is 0 Å². The molecule has 7 nitrogen and oxygen atoms in total. The maximum absolute atomic E-state index is 14.4. The molecule has 0 saturated carbocycles. The minimum Gasteiger partial charge on any atom is -0.490 e. The van der Waals surface area contributed by atoms with Gasteiger partial charge in [-0.3, -0.25) is 14.9 Å². The van der Waals surface area contributed by atoms with E-state index >= 15 is 0 Å². The molecular weight excluding hydrogens is 499 g/mol. The number of halogens is 1. The first-order chi connectivity index (χ1) is 18.9. The molecule has 0 spiro atoms. The number of carbonyl (C=O) groups is 3. The van der Waals surface area contributed by atoms with Gasteiger partial charge in [-0.05, 0) is 66.1 Å². The number of barbiturate groups is 1. The van der Waals surface area contributed by atoms with Crippen molar-refractivity contribution in [2.75, 3.05) is 11.5 Å². The van der Waals surface area contributed by atoms with E-state index in [1.165, 1.54) is 24.3 Å². The van der Waals surface area contributed by atoms with Crippen molar-refractivity contribution in [3.63, 3.8) is 0 Å². The fraction of sp³-hybridized carbons (Fsp3) is 0.129. The van der Waals surface area contributed by atoms with E-state index in [4.69, 9.17) is 9.47 Å². The number of fused-ring (bicyclic) bond motifs is 1. The Hall–Kier alpha value is -4.98. The fourth-order valence-corrected chi connectivity index (χ4v) is 4.46. The molecule has 39 heavy (non-hydrogen) atoms. The van der Waals surface area contributed by atoms with E-state index in [1.54, 1.807) is 18.2 Å². The van der Waals surface area contributed by atoms with Crippen molar-refractivity contribution in [3.05, 3.63) is 107 Å². The fourth-order valence-electron chi connectivity index (χ4n) is 4.46. The molecule has 1 aliphatic heterocycles. The quantitative estimate of drug-likeness (QED) is 0.239. The lowest BCUT2D eigenvalue weighted by Gasteiger charge is -2.26. The minimum absolute atomic E-state index is 0.249. The van der Waals surface area contributed by atoms with Gasteiger partial charge in [-0.15, -0.1) is 0 Å². The second kappa shape index (κ2) is 10.8. The van der Waals surface area contributed by atoms with Gasteiger partial charge in [0.15, 0.2) is 11.5 Å². The zero-order valence-electron chi connectivity index (χ0n) is 21.4. The van der Waals surface area contributed by atoms with Gasteiger partial charge < -0.3 is 9.47 Å². The van der Waals surface area contributed by atoms with E-state index in [9.17, 15) is 18.8 Å². The average Bonchev–Trinajstić information content (AvgIpc) is 2.92. The van der Waals surface area contributed by atoms with Crippen LogP contribution >= 0.6 is 0 Å². The van der Waals surface area contributed by atoms with Crippen molar-refractivity contribution in [2.24, 2.45) is 0 Å². The summed E-state index contributed by atoms with van der Waals surface area (Å²) in [4.78, 5) is 38.7. The highest BCUT2D eigenvalue weighted by Crippen LogP contribution is 2.32. The SMILES string of the molecule is CCOc1cc(/C=C2/C(=O)NC(=O)N(c3ccccc3F)C2=O)ccc1OCc1c(C)ccc2ccccc12. The number of aryl methyl sites for hydroxylation is 1. The predicted octanol–water partition coefficient (Wildman–Crippen LogP) is 5.93. The van der Waals surface area contributed by atoms with Crippen LogP contribution in [0, 0.1) is 12.7 Å². The smallest absolute Gasteiger partial charge is 0.336 e. The van der Waals surface area contributed by atoms with Crippen molar-refractivity contribution >= 4 is 40.4 Å². The van der Waals surface area contributed by atoms with Crippen LogP contribution in [0.5, 0.6) is 11.5 Å². The lowest BCUT2D eigenvalue weighted by molar-refractivity contribution is -0.122. The highest BCUT2D eigenvalue weighted by Gasteiger charge is 2.38. The Bertz CT molecular complexity index is 1650. The van der Waals surface area contributed by atoms with Gasteiger partial charge in [0.05, 0.1) is 12.3 Å². The number of amides is 4. The molecule has 8 heteroatoms. The van der Waals surface area contributed by atoms with E-state index in [0.29, 0.717) is 35.2 Å². The summed E-state index contributed by atoms with van der Waals surface area (Å²) in [6, 6.07) is 21.6. The van der Waals surface area contributed by atoms with Crippen LogP contribution in [0.4, 0.5) is 14.9 Å². The zero-order chi connectivity index (χ0) is 27.5. The highest BCUT2D eigenvalue weighted by atomic mass is 19.1. The second-order valence-corrected chi connectivity index (χ2v) is 8.92. The van der Waals surface area contributed by atoms with Gasteiger partial charge >= 0.3 is 6.03 Å². The summed E-state index contributed by atoms with van der Waals surface area (Å²) in [6.07, 6.45) is 1.33. The Morgan fingerprint density at radius 3 is 2.46 bits per heavy atom. The number of imide groups is 2. The number of hydrogen-bond donors (Lipinski definition) is 1. The summed E-state index contributed by atoms with van der Waals surface area (Å²) in [5, 5.41) is 4.32. The molecular formula is C31H25FN2O5. The number of ether oxygens (including phenoxy) is 2. The standard InChI is InChI=1S/C31H25FN2O5/c1-3-38-28-17-20(13-15-27(28)39-18-24-19(2)12-14-21-8-4-5-9-22(21)24)16-23-29(35)33-31(37)34(30(23)36)26-11-7-6-10-25(26)32/h4-17H,3,18H2,1-2H3,(H,33,35,37)/b23-16-. The van der Waals surface area contributed by atoms with E-state index < -0.39 is 23.7 Å². The van der Waals surface area contributed by atoms with Crippen molar-refractivity contribution in [2.45, 2.75) is 20.5 Å². The molecule has 196 valence electrons. The monoisotopic (exact) mass is 524 g/mol. The third-order valence-corrected chi connectivity index (χ3v) is 6.42. The molecule has 1 heterocycles. The summed E-state index contributed by atoms with van der Waals surface area (Å²) in [6.45, 7) is 4.54. The molecule has 1 fully saturated rings. The van der Waals surface area contributed by atoms with Gasteiger partial charge in [0.2, 0.25) is 0 Å². The van der Waals surface area contributed by atoms with Gasteiger partial charge in [0, 0.05) is 5.56 Å². The average molecular weight is 525 g/mol. The Morgan fingerprint density at radius 2 is 1.67 bits per heavy atom. The zero-order valence-corrected chi connectivity index (χ0v) is 21.4. The normalized spacial score (nSPS) is 14.6. The molecule has 4 amide bonds. The molecule has 5 rings (SSSR count). The summed E-state index contributed by atoms with van der Waals surface area (Å²) < 4.78 is 26.3. The minimum atomic E-state index is -1.02. The number of nitrogens with one attached hydrogen (secondary N) is 1. The molecule has 0 aromatic heterocycles. The van der Waals surface area contributed by atoms with Crippen LogP contribution < -0.4 is 19.7 Å². The van der Waals surface area contributed by atoms with Crippen LogP contribution in [0.25, 0.3) is 16.8 Å². The summed E-state index contributed by atoms with van der Waals surface area (Å²) >= 11 is 0. The van der Waals surface area contributed by atoms with Gasteiger partial charge in [-0.25, -0.2) is 14.1 Å². The Labute approximate surface area is 224 Å². The molecule has 1 aliphatic rings. The Balaban J connectivity index is 1.44. The molecule has 0 unspecified atom stereocenters. The van der Waals surface area contributed by atoms with E-state index in [0.717, 1.165) is 28.0 Å². The van der Waals surface area contributed by atoms with Crippen LogP contribution in [-0.2, 0) is 16.2 Å². The molecule has 1 N–H and O–H groups in total. The first-order valence-electron chi connectivity index (χ1n) is 12.4. The predicted molar refractivity (Wildman–Crippen MR) is 146 cm³/mol. The molecule has 0 atom stereocenters. The highest BCUT2D eigenvalue weighted by molar-refractivity contribution is 6.39. The molecule has 4 aromatic carbocycles. The van der Waals surface area contributed by atoms with Crippen molar-refractivity contribution in [3.8, 4) is 11.5 Å². The molecule has 4 aromatic rings. The Kier molecular flexibility index (Phi) is 7.10. The topological polar surface area (TPSA) is 84.9 Å². The molecule has 0 bridgehead atoms. The third-order valence-electron chi connectivity index (χ3n) is 6.42. The summed E-state index contributed by atoms with van der Waals surface area (Å²) in [5.74, 6) is -1.65. The number of rotatable bonds is 7. The number of hydrogen-bond acceptors (Lipinski definition) is 5. The molecule has 1 saturated heterocycles. The van der Waals surface area contributed by atoms with Crippen molar-refractivity contribution < 1.29 is 28.2 Å². The van der Waals surface area contributed by atoms with Crippen LogP contribution in [-0.4, -0.2) is 24.5 Å². The van der Waals surface area contributed by atoms with Gasteiger partial charge in [-0.2, -0.15) is 0 Å². The lowest BCUT2D eigenvalue weighted by Crippen LogP contribution is -2.54. The molecule has 0 radical (unpaired) electrons. The second-order valence-electron chi connectivity index (χ2n) is 8.92. The Morgan fingerprint density at radius 1 is 0.897 bits per heavy atom. The van der Waals surface area contributed by atoms with Gasteiger partial charge in [0.1, 0.15) is 18.0 Å². The van der Waals surface area contributed by atoms with Gasteiger partial charge in [0.25, 0.3) is 11.8 Å². The van der Waals surface area contributed by atoms with Gasteiger partial charge in [-0.1, -0.05) is 54.6 Å². The number of nitrogens with zero attached hydrogens (tertiary/aromatic N) is 1. The third kappa shape index (κ3) is 5.09. The van der Waals surface area contributed by atoms with E-state index in [1.807, 2.05) is 26.0 Å². The van der Waals surface area contributed by atoms with E-state index in [2.05, 4.69) is 29.6 Å². The first kappa shape index (κ1) is 25.7. The van der Waals surface area contributed by atoms with Crippen LogP contribution in [0.3, 0.4) is 0 Å². The maximum atomic E-state index is 14.4. The molecule has 0 aliphatic carbocycles. The van der Waals surface area contributed by atoms with Crippen LogP contribution in [0.15, 0.2) is 84.4 Å². The summed E-state index contributed by atoms with van der Waals surface area (Å²) in [5.41, 5.74) is 2.06. The number of anilines is 1. The summed E-state index contributed by atoms with van der Waals surface area (Å²) in [7, 11) is 0. The van der Waals surface area contributed by atoms with Crippen molar-refractivity contribution in [1.29, 1.82) is 0 Å². The largest absolute Gasteiger partial charge is 0.490 e. The van der Waals surface area contributed by atoms with E-state index in [-0.39, 0.29) is 11.3 Å². The number of carbonyl (C=O) groups excluding carboxylic acids is 3. The number of urea groups is 1. The number of para-hydroxylation sites is 1. The maximum Gasteiger partial charge on any atom is 0.336 e.